The third-order valence-corrected chi connectivity index (χ3v) is 3.08. The van der Waals surface area contributed by atoms with Crippen LogP contribution in [0.15, 0.2) is 12.4 Å². The molecule has 2 N–H and O–H groups in total. The minimum Gasteiger partial charge on any atom is -0.349 e. The van der Waals surface area contributed by atoms with Gasteiger partial charge in [-0.1, -0.05) is 39.5 Å². The predicted molar refractivity (Wildman–Crippen MR) is 73.1 cm³/mol. The molecule has 0 aliphatic rings. The van der Waals surface area contributed by atoms with Gasteiger partial charge in [0.1, 0.15) is 5.82 Å². The lowest BCUT2D eigenvalue weighted by Gasteiger charge is -2.17. The van der Waals surface area contributed by atoms with Gasteiger partial charge in [-0.3, -0.25) is 0 Å². The maximum absolute atomic E-state index is 4.31. The summed E-state index contributed by atoms with van der Waals surface area (Å²) in [4.78, 5) is 7.51. The van der Waals surface area contributed by atoms with Gasteiger partial charge in [0.25, 0.3) is 0 Å². The molecule has 0 aliphatic heterocycles. The van der Waals surface area contributed by atoms with E-state index in [1.807, 2.05) is 12.4 Å². The van der Waals surface area contributed by atoms with Crippen molar-refractivity contribution in [1.29, 1.82) is 0 Å². The van der Waals surface area contributed by atoms with Crippen LogP contribution in [0, 0.1) is 0 Å². The number of H-pyrrole nitrogens is 1. The highest BCUT2D eigenvalue weighted by molar-refractivity contribution is 4.91. The quantitative estimate of drug-likeness (QED) is 0.613. The molecule has 1 atom stereocenters. The van der Waals surface area contributed by atoms with E-state index in [0.29, 0.717) is 6.04 Å². The Balaban J connectivity index is 2.26. The Morgan fingerprint density at radius 3 is 2.76 bits per heavy atom. The molecule has 0 spiro atoms. The molecule has 98 valence electrons. The fourth-order valence-electron chi connectivity index (χ4n) is 2.09. The highest BCUT2D eigenvalue weighted by atomic mass is 14.9. The molecule has 17 heavy (non-hydrogen) atoms. The Kier molecular flexibility index (Phi) is 7.72. The van der Waals surface area contributed by atoms with Gasteiger partial charge in [0.05, 0.1) is 0 Å². The van der Waals surface area contributed by atoms with Crippen molar-refractivity contribution < 1.29 is 0 Å². The molecule has 3 heteroatoms. The van der Waals surface area contributed by atoms with Crippen molar-refractivity contribution in [2.24, 2.45) is 0 Å². The third-order valence-electron chi connectivity index (χ3n) is 3.08. The lowest BCUT2D eigenvalue weighted by atomic mass is 10.0. The number of rotatable bonds is 10. The molecule has 0 saturated heterocycles. The monoisotopic (exact) mass is 237 g/mol. The van der Waals surface area contributed by atoms with Gasteiger partial charge in [0, 0.05) is 24.9 Å². The van der Waals surface area contributed by atoms with Gasteiger partial charge in [0.2, 0.25) is 0 Å². The lowest BCUT2D eigenvalue weighted by Crippen LogP contribution is -2.32. The molecule has 1 heterocycles. The maximum atomic E-state index is 4.31. The van der Waals surface area contributed by atoms with Crippen molar-refractivity contribution >= 4 is 0 Å². The van der Waals surface area contributed by atoms with Crippen LogP contribution >= 0.6 is 0 Å². The van der Waals surface area contributed by atoms with Crippen molar-refractivity contribution in [2.75, 3.05) is 6.54 Å². The van der Waals surface area contributed by atoms with Gasteiger partial charge >= 0.3 is 0 Å². The van der Waals surface area contributed by atoms with Crippen LogP contribution in [0.25, 0.3) is 0 Å². The topological polar surface area (TPSA) is 40.7 Å². The largest absolute Gasteiger partial charge is 0.349 e. The zero-order valence-electron chi connectivity index (χ0n) is 11.3. The Bertz CT molecular complexity index is 256. The number of imidazole rings is 1. The molecule has 1 aromatic heterocycles. The van der Waals surface area contributed by atoms with Crippen LogP contribution in [0.2, 0.25) is 0 Å². The van der Waals surface area contributed by atoms with E-state index < -0.39 is 0 Å². The summed E-state index contributed by atoms with van der Waals surface area (Å²) in [6.07, 6.45) is 12.6. The van der Waals surface area contributed by atoms with E-state index in [0.717, 1.165) is 18.8 Å². The van der Waals surface area contributed by atoms with Crippen LogP contribution in [0.1, 0.15) is 58.2 Å². The molecule has 0 saturated carbocycles. The number of hydrogen-bond acceptors (Lipinski definition) is 2. The average Bonchev–Trinajstić information content (AvgIpc) is 2.84. The van der Waals surface area contributed by atoms with Crippen molar-refractivity contribution in [3.8, 4) is 0 Å². The van der Waals surface area contributed by atoms with Gasteiger partial charge in [-0.05, 0) is 19.4 Å². The second-order valence-electron chi connectivity index (χ2n) is 4.74. The first kappa shape index (κ1) is 14.2. The van der Waals surface area contributed by atoms with Crippen molar-refractivity contribution in [1.82, 2.24) is 15.3 Å². The number of nitrogens with one attached hydrogen (secondary N) is 2. The SMILES string of the molecule is CCCCCCC(Cc1ncc[nH]1)NCCC. The van der Waals surface area contributed by atoms with E-state index in [1.54, 1.807) is 0 Å². The van der Waals surface area contributed by atoms with Crippen molar-refractivity contribution in [3.05, 3.63) is 18.2 Å². The summed E-state index contributed by atoms with van der Waals surface area (Å²) < 4.78 is 0. The second kappa shape index (κ2) is 9.23. The van der Waals surface area contributed by atoms with Crippen LogP contribution in [0.3, 0.4) is 0 Å². The van der Waals surface area contributed by atoms with Crippen LogP contribution in [0.4, 0.5) is 0 Å². The molecule has 1 rings (SSSR count). The van der Waals surface area contributed by atoms with Crippen LogP contribution in [-0.2, 0) is 6.42 Å². The molecule has 0 aromatic carbocycles. The fraction of sp³-hybridized carbons (Fsp3) is 0.786. The molecular formula is C14H27N3. The predicted octanol–water partition coefficient (Wildman–Crippen LogP) is 3.29. The standard InChI is InChI=1S/C14H27N3/c1-3-5-6-7-8-13(15-9-4-2)12-14-16-10-11-17-14/h10-11,13,15H,3-9,12H2,1-2H3,(H,16,17). The second-order valence-corrected chi connectivity index (χ2v) is 4.74. The molecule has 0 bridgehead atoms. The zero-order chi connectivity index (χ0) is 12.3. The normalized spacial score (nSPS) is 12.8. The summed E-state index contributed by atoms with van der Waals surface area (Å²) >= 11 is 0. The fourth-order valence-corrected chi connectivity index (χ4v) is 2.09. The smallest absolute Gasteiger partial charge is 0.107 e. The minimum atomic E-state index is 0.581. The molecule has 3 nitrogen and oxygen atoms in total. The zero-order valence-corrected chi connectivity index (χ0v) is 11.3. The molecule has 0 aliphatic carbocycles. The summed E-state index contributed by atoms with van der Waals surface area (Å²) in [5.41, 5.74) is 0. The van der Waals surface area contributed by atoms with Crippen LogP contribution < -0.4 is 5.32 Å². The number of aromatic amines is 1. The third kappa shape index (κ3) is 6.47. The Hall–Kier alpha value is -0.830. The highest BCUT2D eigenvalue weighted by Gasteiger charge is 2.09. The van der Waals surface area contributed by atoms with E-state index in [-0.39, 0.29) is 0 Å². The van der Waals surface area contributed by atoms with Gasteiger partial charge in [-0.2, -0.15) is 0 Å². The van der Waals surface area contributed by atoms with Gasteiger partial charge in [0.15, 0.2) is 0 Å². The highest BCUT2D eigenvalue weighted by Crippen LogP contribution is 2.08. The molecule has 1 unspecified atom stereocenters. The van der Waals surface area contributed by atoms with Gasteiger partial charge in [-0.25, -0.2) is 4.98 Å². The van der Waals surface area contributed by atoms with E-state index in [2.05, 4.69) is 29.1 Å². The summed E-state index contributed by atoms with van der Waals surface area (Å²) in [5.74, 6) is 1.11. The van der Waals surface area contributed by atoms with E-state index >= 15 is 0 Å². The van der Waals surface area contributed by atoms with Crippen molar-refractivity contribution in [3.63, 3.8) is 0 Å². The van der Waals surface area contributed by atoms with E-state index in [9.17, 15) is 0 Å². The van der Waals surface area contributed by atoms with Crippen molar-refractivity contribution in [2.45, 2.75) is 64.8 Å². The number of unbranched alkanes of at least 4 members (excludes halogenated alkanes) is 3. The summed E-state index contributed by atoms with van der Waals surface area (Å²) in [6.45, 7) is 5.59. The summed E-state index contributed by atoms with van der Waals surface area (Å²) in [5, 5.41) is 3.62. The maximum Gasteiger partial charge on any atom is 0.107 e. The molecule has 0 amide bonds. The van der Waals surface area contributed by atoms with Gasteiger partial charge < -0.3 is 10.3 Å². The molecule has 0 radical (unpaired) electrons. The first-order valence-corrected chi connectivity index (χ1v) is 7.08. The Morgan fingerprint density at radius 1 is 1.24 bits per heavy atom. The Labute approximate surface area is 105 Å². The van der Waals surface area contributed by atoms with E-state index in [4.69, 9.17) is 0 Å². The van der Waals surface area contributed by atoms with Crippen LogP contribution in [-0.4, -0.2) is 22.6 Å². The lowest BCUT2D eigenvalue weighted by molar-refractivity contribution is 0.447. The summed E-state index contributed by atoms with van der Waals surface area (Å²) in [6, 6.07) is 0.581. The summed E-state index contributed by atoms with van der Waals surface area (Å²) in [7, 11) is 0. The molecule has 1 aromatic rings. The first-order chi connectivity index (χ1) is 8.36. The van der Waals surface area contributed by atoms with Gasteiger partial charge in [-0.15, -0.1) is 0 Å². The number of hydrogen-bond donors (Lipinski definition) is 2. The minimum absolute atomic E-state index is 0.581. The first-order valence-electron chi connectivity index (χ1n) is 7.08. The molecular weight excluding hydrogens is 210 g/mol. The van der Waals surface area contributed by atoms with Crippen LogP contribution in [0.5, 0.6) is 0 Å². The average molecular weight is 237 g/mol. The Morgan fingerprint density at radius 2 is 2.12 bits per heavy atom. The number of nitrogens with zero attached hydrogens (tertiary/aromatic N) is 1. The molecule has 0 fully saturated rings. The van der Waals surface area contributed by atoms with E-state index in [1.165, 1.54) is 38.5 Å². The number of aromatic nitrogens is 2.